The van der Waals surface area contributed by atoms with Gasteiger partial charge in [0.15, 0.2) is 12.0 Å². The van der Waals surface area contributed by atoms with Gasteiger partial charge in [-0.05, 0) is 36.6 Å². The van der Waals surface area contributed by atoms with Gasteiger partial charge in [0.2, 0.25) is 11.6 Å². The van der Waals surface area contributed by atoms with Gasteiger partial charge in [0, 0.05) is 50.3 Å². The van der Waals surface area contributed by atoms with E-state index in [2.05, 4.69) is 10.3 Å². The molecule has 0 aliphatic carbocycles. The molecule has 1 aromatic carbocycles. The smallest absolute Gasteiger partial charge is 0.257 e. The number of piperidine rings is 1. The van der Waals surface area contributed by atoms with E-state index >= 15 is 0 Å². The van der Waals surface area contributed by atoms with Crippen LogP contribution in [0.1, 0.15) is 54.4 Å². The van der Waals surface area contributed by atoms with E-state index in [0.29, 0.717) is 29.0 Å². The van der Waals surface area contributed by atoms with Crippen molar-refractivity contribution >= 4 is 11.7 Å². The summed E-state index contributed by atoms with van der Waals surface area (Å²) in [7, 11) is 0. The minimum Gasteiger partial charge on any atom is -0.618 e. The number of fused-ring (bicyclic) bond motifs is 1. The summed E-state index contributed by atoms with van der Waals surface area (Å²) in [5, 5.41) is 23.8. The molecular formula is C26H27F4N5O3. The summed E-state index contributed by atoms with van der Waals surface area (Å²) < 4.78 is 59.4. The van der Waals surface area contributed by atoms with E-state index in [1.807, 2.05) is 0 Å². The maximum atomic E-state index is 14.9. The van der Waals surface area contributed by atoms with Crippen molar-refractivity contribution in [2.24, 2.45) is 0 Å². The van der Waals surface area contributed by atoms with E-state index in [0.717, 1.165) is 12.3 Å². The molecule has 1 saturated heterocycles. The predicted molar refractivity (Wildman–Crippen MR) is 128 cm³/mol. The Morgan fingerprint density at radius 3 is 2.71 bits per heavy atom. The first kappa shape index (κ1) is 26.1. The molecule has 0 saturated carbocycles. The highest BCUT2D eigenvalue weighted by Crippen LogP contribution is 2.41. The SMILES string of the molecule is C[C@@H](C(=O)Nc1cn2c(n1)CC[C@@H]2c1cc(F)cc(F)c1)N1CCC(F)(F)[C@H](c2cc[n+]([O-])c(CO)c2)C1. The maximum Gasteiger partial charge on any atom is 0.257 e. The number of rotatable bonds is 6. The third-order valence-corrected chi connectivity index (χ3v) is 7.48. The predicted octanol–water partition coefficient (Wildman–Crippen LogP) is 3.27. The summed E-state index contributed by atoms with van der Waals surface area (Å²) in [5.74, 6) is -5.15. The van der Waals surface area contributed by atoms with Gasteiger partial charge in [-0.3, -0.25) is 9.69 Å². The molecule has 0 unspecified atom stereocenters. The number of anilines is 1. The number of aryl methyl sites for hydroxylation is 1. The highest BCUT2D eigenvalue weighted by molar-refractivity contribution is 5.93. The number of amides is 1. The Kier molecular flexibility index (Phi) is 6.86. The molecule has 38 heavy (non-hydrogen) atoms. The number of likely N-dealkylation sites (tertiary alicyclic amines) is 1. The molecule has 2 N–H and O–H groups in total. The molecule has 2 aliphatic rings. The van der Waals surface area contributed by atoms with E-state index in [1.54, 1.807) is 22.6 Å². The van der Waals surface area contributed by atoms with Crippen LogP contribution in [0, 0.1) is 16.8 Å². The van der Waals surface area contributed by atoms with Crippen LogP contribution in [-0.4, -0.2) is 50.5 Å². The lowest BCUT2D eigenvalue weighted by molar-refractivity contribution is -0.616. The van der Waals surface area contributed by atoms with Crippen molar-refractivity contribution in [3.63, 3.8) is 0 Å². The Morgan fingerprint density at radius 1 is 1.26 bits per heavy atom. The van der Waals surface area contributed by atoms with Gasteiger partial charge in [0.25, 0.3) is 5.92 Å². The second-order valence-electron chi connectivity index (χ2n) is 9.87. The molecular weight excluding hydrogens is 506 g/mol. The zero-order valence-electron chi connectivity index (χ0n) is 20.6. The zero-order chi connectivity index (χ0) is 27.2. The molecule has 1 amide bonds. The summed E-state index contributed by atoms with van der Waals surface area (Å²) in [6.45, 7) is 0.907. The summed E-state index contributed by atoms with van der Waals surface area (Å²) in [4.78, 5) is 19.2. The van der Waals surface area contributed by atoms with Crippen LogP contribution >= 0.6 is 0 Å². The van der Waals surface area contributed by atoms with Crippen molar-refractivity contribution in [3.8, 4) is 0 Å². The minimum atomic E-state index is -3.05. The second-order valence-corrected chi connectivity index (χ2v) is 9.87. The lowest BCUT2D eigenvalue weighted by atomic mass is 9.86. The number of hydrogen-bond acceptors (Lipinski definition) is 5. The van der Waals surface area contributed by atoms with Crippen molar-refractivity contribution < 1.29 is 32.2 Å². The van der Waals surface area contributed by atoms with E-state index in [1.165, 1.54) is 24.3 Å². The number of aromatic nitrogens is 3. The molecule has 12 heteroatoms. The molecule has 5 rings (SSSR count). The first-order valence-electron chi connectivity index (χ1n) is 12.3. The molecule has 3 atom stereocenters. The van der Waals surface area contributed by atoms with Crippen molar-refractivity contribution in [1.82, 2.24) is 14.5 Å². The van der Waals surface area contributed by atoms with Crippen LogP contribution in [0.15, 0.2) is 42.7 Å². The van der Waals surface area contributed by atoms with Gasteiger partial charge in [-0.1, -0.05) is 0 Å². The number of nitrogens with one attached hydrogen (secondary N) is 1. The van der Waals surface area contributed by atoms with Gasteiger partial charge in [0.05, 0.1) is 18.0 Å². The summed E-state index contributed by atoms with van der Waals surface area (Å²) in [5.41, 5.74) is 0.653. The largest absolute Gasteiger partial charge is 0.618 e. The summed E-state index contributed by atoms with van der Waals surface area (Å²) >= 11 is 0. The molecule has 3 aromatic rings. The first-order valence-corrected chi connectivity index (χ1v) is 12.3. The highest BCUT2D eigenvalue weighted by Gasteiger charge is 2.46. The Bertz CT molecular complexity index is 1340. The van der Waals surface area contributed by atoms with Crippen molar-refractivity contribution in [2.45, 2.75) is 56.7 Å². The monoisotopic (exact) mass is 533 g/mol. The fourth-order valence-corrected chi connectivity index (χ4v) is 5.36. The Balaban J connectivity index is 1.29. The van der Waals surface area contributed by atoms with Crippen LogP contribution < -0.4 is 10.0 Å². The van der Waals surface area contributed by atoms with E-state index < -0.39 is 48.5 Å². The highest BCUT2D eigenvalue weighted by atomic mass is 19.3. The van der Waals surface area contributed by atoms with Crippen LogP contribution in [-0.2, 0) is 17.8 Å². The molecule has 8 nitrogen and oxygen atoms in total. The van der Waals surface area contributed by atoms with Crippen LogP contribution in [0.25, 0.3) is 0 Å². The third kappa shape index (κ3) is 4.97. The number of nitrogens with zero attached hydrogens (tertiary/aromatic N) is 4. The number of imidazole rings is 1. The lowest BCUT2D eigenvalue weighted by Crippen LogP contribution is -2.52. The topological polar surface area (TPSA) is 97.3 Å². The van der Waals surface area contributed by atoms with Crippen LogP contribution in [0.5, 0.6) is 0 Å². The summed E-state index contributed by atoms with van der Waals surface area (Å²) in [6.07, 6.45) is 3.42. The number of aliphatic hydroxyl groups is 1. The van der Waals surface area contributed by atoms with Gasteiger partial charge in [0.1, 0.15) is 24.1 Å². The number of alkyl halides is 2. The quantitative estimate of drug-likeness (QED) is 0.288. The average Bonchev–Trinajstić information content (AvgIpc) is 3.43. The number of carbonyl (C=O) groups excluding carboxylic acids is 1. The van der Waals surface area contributed by atoms with Gasteiger partial charge in [-0.2, -0.15) is 4.73 Å². The Labute approximate surface area is 216 Å². The fraction of sp³-hybridized carbons (Fsp3) is 0.423. The van der Waals surface area contributed by atoms with Crippen LogP contribution in [0.3, 0.4) is 0 Å². The Hall–Kier alpha value is -3.51. The normalized spacial score (nSPS) is 21.7. The molecule has 4 heterocycles. The number of carbonyl (C=O) groups is 1. The van der Waals surface area contributed by atoms with Gasteiger partial charge < -0.3 is 20.2 Å². The molecule has 0 spiro atoms. The molecule has 0 bridgehead atoms. The fourth-order valence-electron chi connectivity index (χ4n) is 5.36. The first-order chi connectivity index (χ1) is 18.1. The number of hydrogen-bond donors (Lipinski definition) is 2. The van der Waals surface area contributed by atoms with Crippen LogP contribution in [0.4, 0.5) is 23.4 Å². The maximum absolute atomic E-state index is 14.9. The van der Waals surface area contributed by atoms with E-state index in [-0.39, 0.29) is 36.2 Å². The number of benzene rings is 1. The Morgan fingerprint density at radius 2 is 2.00 bits per heavy atom. The van der Waals surface area contributed by atoms with Gasteiger partial charge in [-0.25, -0.2) is 22.5 Å². The van der Waals surface area contributed by atoms with Crippen molar-refractivity contribution in [1.29, 1.82) is 0 Å². The second kappa shape index (κ2) is 9.99. The standard InChI is InChI=1S/C26H27F4N5O3/c1-15(33-7-5-26(29,30)21(12-33)16-4-6-35(38)20(10-16)14-36)25(37)32-23-13-34-22(2-3-24(34)31-23)17-8-18(27)11-19(28)9-17/h4,6,8-11,13,15,21-22,36H,2-3,5,7,12,14H2,1H3,(H,32,37)/t15-,21-,22+/m0/s1. The number of halogens is 4. The number of pyridine rings is 1. The van der Waals surface area contributed by atoms with Crippen molar-refractivity contribution in [3.05, 3.63) is 82.2 Å². The molecule has 2 aliphatic heterocycles. The molecule has 202 valence electrons. The van der Waals surface area contributed by atoms with E-state index in [9.17, 15) is 32.7 Å². The average molecular weight is 534 g/mol. The zero-order valence-corrected chi connectivity index (χ0v) is 20.6. The minimum absolute atomic E-state index is 0.00771. The molecule has 0 radical (unpaired) electrons. The van der Waals surface area contributed by atoms with Gasteiger partial charge >= 0.3 is 0 Å². The lowest BCUT2D eigenvalue weighted by Gasteiger charge is -2.40. The van der Waals surface area contributed by atoms with E-state index in [4.69, 9.17) is 0 Å². The molecule has 2 aromatic heterocycles. The van der Waals surface area contributed by atoms with Crippen LogP contribution in [0.2, 0.25) is 0 Å². The third-order valence-electron chi connectivity index (χ3n) is 7.48. The van der Waals surface area contributed by atoms with Gasteiger partial charge in [-0.15, -0.1) is 0 Å². The molecule has 1 fully saturated rings. The van der Waals surface area contributed by atoms with Crippen molar-refractivity contribution in [2.75, 3.05) is 18.4 Å². The number of aliphatic hydroxyl groups excluding tert-OH is 1. The summed E-state index contributed by atoms with van der Waals surface area (Å²) in [6, 6.07) is 4.86.